The average Bonchev–Trinajstić information content (AvgIpc) is 2.49. The van der Waals surface area contributed by atoms with Gasteiger partial charge in [-0.25, -0.2) is 4.79 Å². The van der Waals surface area contributed by atoms with Crippen LogP contribution in [0.3, 0.4) is 0 Å². The Morgan fingerprint density at radius 2 is 2.23 bits per heavy atom. The van der Waals surface area contributed by atoms with E-state index in [0.717, 1.165) is 8.96 Å². The zero-order chi connectivity index (χ0) is 9.42. The lowest BCUT2D eigenvalue weighted by molar-refractivity contribution is 0.0699. The van der Waals surface area contributed by atoms with E-state index < -0.39 is 5.97 Å². The third-order valence-electron chi connectivity index (χ3n) is 1.85. The van der Waals surface area contributed by atoms with Crippen LogP contribution in [0.25, 0.3) is 10.9 Å². The topological polar surface area (TPSA) is 53.1 Å². The fourth-order valence-corrected chi connectivity index (χ4v) is 1.95. The number of aromatic carboxylic acids is 1. The summed E-state index contributed by atoms with van der Waals surface area (Å²) >= 11 is 2.11. The van der Waals surface area contributed by atoms with E-state index in [0.29, 0.717) is 11.1 Å². The Bertz CT molecular complexity index is 475. The first-order valence-corrected chi connectivity index (χ1v) is 4.76. The Morgan fingerprint density at radius 3 is 2.92 bits per heavy atom. The molecule has 0 spiro atoms. The molecule has 3 nitrogen and oxygen atoms in total. The number of carbonyl (C=O) groups is 1. The molecule has 1 aromatic carbocycles. The number of hydrogen-bond donors (Lipinski definition) is 2. The summed E-state index contributed by atoms with van der Waals surface area (Å²) in [5, 5.41) is 9.84. The average molecular weight is 287 g/mol. The molecule has 0 aliphatic rings. The quantitative estimate of drug-likeness (QED) is 0.792. The highest BCUT2D eigenvalue weighted by Gasteiger charge is 2.09. The lowest BCUT2D eigenvalue weighted by atomic mass is 10.1. The van der Waals surface area contributed by atoms with Gasteiger partial charge in [-0.15, -0.1) is 0 Å². The number of benzene rings is 1. The molecule has 2 rings (SSSR count). The van der Waals surface area contributed by atoms with Crippen molar-refractivity contribution in [2.24, 2.45) is 0 Å². The van der Waals surface area contributed by atoms with E-state index >= 15 is 0 Å². The number of nitrogens with one attached hydrogen (secondary N) is 1. The monoisotopic (exact) mass is 287 g/mol. The van der Waals surface area contributed by atoms with Crippen LogP contribution in [-0.2, 0) is 0 Å². The van der Waals surface area contributed by atoms with Crippen LogP contribution in [0.5, 0.6) is 0 Å². The molecule has 66 valence electrons. The summed E-state index contributed by atoms with van der Waals surface area (Å²) in [5.41, 5.74) is 1.01. The SMILES string of the molecule is O=C(O)c1cc(I)cc2cc[nH]c12. The summed E-state index contributed by atoms with van der Waals surface area (Å²) < 4.78 is 0.933. The van der Waals surface area contributed by atoms with Crippen LogP contribution in [0.1, 0.15) is 10.4 Å². The van der Waals surface area contributed by atoms with Crippen LogP contribution in [0.2, 0.25) is 0 Å². The summed E-state index contributed by atoms with van der Waals surface area (Å²) in [4.78, 5) is 13.8. The molecule has 1 aromatic heterocycles. The van der Waals surface area contributed by atoms with E-state index in [9.17, 15) is 4.79 Å². The number of halogens is 1. The van der Waals surface area contributed by atoms with Gasteiger partial charge in [0.15, 0.2) is 0 Å². The molecule has 0 aliphatic heterocycles. The van der Waals surface area contributed by atoms with Gasteiger partial charge in [-0.05, 0) is 40.8 Å². The van der Waals surface area contributed by atoms with Crippen molar-refractivity contribution < 1.29 is 9.90 Å². The first-order chi connectivity index (χ1) is 6.18. The third kappa shape index (κ3) is 1.41. The summed E-state index contributed by atoms with van der Waals surface area (Å²) in [6, 6.07) is 5.46. The predicted molar refractivity (Wildman–Crippen MR) is 58.0 cm³/mol. The van der Waals surface area contributed by atoms with Gasteiger partial charge in [-0.1, -0.05) is 0 Å². The molecule has 2 N–H and O–H groups in total. The number of carboxylic acid groups (broad SMARTS) is 1. The molecule has 0 saturated carbocycles. The number of aromatic amines is 1. The van der Waals surface area contributed by atoms with Crippen LogP contribution in [-0.4, -0.2) is 16.1 Å². The Labute approximate surface area is 87.9 Å². The molecule has 0 aliphatic carbocycles. The van der Waals surface area contributed by atoms with Gasteiger partial charge >= 0.3 is 5.97 Å². The molecule has 4 heteroatoms. The summed E-state index contributed by atoms with van der Waals surface area (Å²) in [5.74, 6) is -0.897. The van der Waals surface area contributed by atoms with Crippen molar-refractivity contribution in [3.8, 4) is 0 Å². The maximum Gasteiger partial charge on any atom is 0.337 e. The second kappa shape index (κ2) is 3.02. The van der Waals surface area contributed by atoms with Crippen molar-refractivity contribution in [1.82, 2.24) is 4.98 Å². The van der Waals surface area contributed by atoms with Crippen molar-refractivity contribution in [3.05, 3.63) is 33.5 Å². The number of H-pyrrole nitrogens is 1. The van der Waals surface area contributed by atoms with Crippen LogP contribution < -0.4 is 0 Å². The first-order valence-electron chi connectivity index (χ1n) is 3.68. The molecule has 0 amide bonds. The second-order valence-corrected chi connectivity index (χ2v) is 3.95. The standard InChI is InChI=1S/C9H6INO2/c10-6-3-5-1-2-11-8(5)7(4-6)9(12)13/h1-4,11H,(H,12,13). The van der Waals surface area contributed by atoms with Gasteiger partial charge in [0.05, 0.1) is 11.1 Å². The molecule has 0 fully saturated rings. The van der Waals surface area contributed by atoms with Gasteiger partial charge in [0.25, 0.3) is 0 Å². The van der Waals surface area contributed by atoms with Crippen LogP contribution in [0, 0.1) is 3.57 Å². The molecule has 2 aromatic rings. The molecule has 0 unspecified atom stereocenters. The van der Waals surface area contributed by atoms with Gasteiger partial charge in [-0.3, -0.25) is 0 Å². The molecule has 0 bridgehead atoms. The first kappa shape index (κ1) is 8.55. The minimum atomic E-state index is -0.897. The molecule has 0 radical (unpaired) electrons. The highest BCUT2D eigenvalue weighted by Crippen LogP contribution is 2.20. The van der Waals surface area contributed by atoms with Crippen molar-refractivity contribution in [1.29, 1.82) is 0 Å². The van der Waals surface area contributed by atoms with E-state index in [1.165, 1.54) is 0 Å². The van der Waals surface area contributed by atoms with Crippen LogP contribution in [0.4, 0.5) is 0 Å². The van der Waals surface area contributed by atoms with E-state index in [1.54, 1.807) is 12.3 Å². The molecule has 0 saturated heterocycles. The van der Waals surface area contributed by atoms with Crippen molar-refractivity contribution in [3.63, 3.8) is 0 Å². The smallest absolute Gasteiger partial charge is 0.337 e. The number of carboxylic acids is 1. The minimum Gasteiger partial charge on any atom is -0.478 e. The summed E-state index contributed by atoms with van der Waals surface area (Å²) in [6.07, 6.45) is 1.74. The number of hydrogen-bond acceptors (Lipinski definition) is 1. The van der Waals surface area contributed by atoms with Crippen molar-refractivity contribution >= 4 is 39.5 Å². The zero-order valence-electron chi connectivity index (χ0n) is 6.54. The Balaban J connectivity index is 2.84. The normalized spacial score (nSPS) is 10.5. The van der Waals surface area contributed by atoms with E-state index in [1.807, 2.05) is 12.1 Å². The molecule has 1 heterocycles. The van der Waals surface area contributed by atoms with Gasteiger partial charge in [0.1, 0.15) is 0 Å². The van der Waals surface area contributed by atoms with Gasteiger partial charge in [0, 0.05) is 15.2 Å². The highest BCUT2D eigenvalue weighted by molar-refractivity contribution is 14.1. The zero-order valence-corrected chi connectivity index (χ0v) is 8.70. The van der Waals surface area contributed by atoms with Gasteiger partial charge in [-0.2, -0.15) is 0 Å². The number of fused-ring (bicyclic) bond motifs is 1. The molecular weight excluding hydrogens is 281 g/mol. The second-order valence-electron chi connectivity index (χ2n) is 2.70. The fourth-order valence-electron chi connectivity index (χ4n) is 1.30. The maximum atomic E-state index is 10.8. The molecule has 13 heavy (non-hydrogen) atoms. The Morgan fingerprint density at radius 1 is 1.46 bits per heavy atom. The Kier molecular flexibility index (Phi) is 1.99. The van der Waals surface area contributed by atoms with E-state index in [4.69, 9.17) is 5.11 Å². The Hall–Kier alpha value is -1.04. The predicted octanol–water partition coefficient (Wildman–Crippen LogP) is 2.47. The molecule has 0 atom stereocenters. The van der Waals surface area contributed by atoms with Gasteiger partial charge < -0.3 is 10.1 Å². The minimum absolute atomic E-state index is 0.326. The van der Waals surface area contributed by atoms with Crippen LogP contribution in [0.15, 0.2) is 24.4 Å². The lowest BCUT2D eigenvalue weighted by Crippen LogP contribution is -1.97. The number of rotatable bonds is 1. The van der Waals surface area contributed by atoms with E-state index in [2.05, 4.69) is 27.6 Å². The largest absolute Gasteiger partial charge is 0.478 e. The molecular formula is C9H6INO2. The summed E-state index contributed by atoms with van der Waals surface area (Å²) in [6.45, 7) is 0. The lowest BCUT2D eigenvalue weighted by Gasteiger charge is -1.98. The fraction of sp³-hybridized carbons (Fsp3) is 0. The highest BCUT2D eigenvalue weighted by atomic mass is 127. The van der Waals surface area contributed by atoms with E-state index in [-0.39, 0.29) is 0 Å². The number of aromatic nitrogens is 1. The van der Waals surface area contributed by atoms with Gasteiger partial charge in [0.2, 0.25) is 0 Å². The summed E-state index contributed by atoms with van der Waals surface area (Å²) in [7, 11) is 0. The third-order valence-corrected chi connectivity index (χ3v) is 2.48. The maximum absolute atomic E-state index is 10.8. The van der Waals surface area contributed by atoms with Crippen molar-refractivity contribution in [2.75, 3.05) is 0 Å². The van der Waals surface area contributed by atoms with Crippen LogP contribution >= 0.6 is 22.6 Å². The van der Waals surface area contributed by atoms with Crippen molar-refractivity contribution in [2.45, 2.75) is 0 Å².